The summed E-state index contributed by atoms with van der Waals surface area (Å²) in [6.45, 7) is 9.17. The lowest BCUT2D eigenvalue weighted by molar-refractivity contribution is 0.102. The summed E-state index contributed by atoms with van der Waals surface area (Å²) in [6, 6.07) is 18.6. The van der Waals surface area contributed by atoms with Gasteiger partial charge >= 0.3 is 0 Å². The van der Waals surface area contributed by atoms with Crippen LogP contribution in [0.25, 0.3) is 21.8 Å². The Morgan fingerprint density at radius 1 is 0.852 bits per heavy atom. The Hall–Kier alpha value is -3.07. The molecule has 0 bridgehead atoms. The molecule has 4 aromatic rings. The van der Waals surface area contributed by atoms with E-state index in [-0.39, 0.29) is 5.91 Å². The summed E-state index contributed by atoms with van der Waals surface area (Å²) in [5.41, 5.74) is 7.31. The number of benzene rings is 3. The van der Waals surface area contributed by atoms with Crippen LogP contribution in [0.2, 0.25) is 0 Å². The Bertz CT molecular complexity index is 1180. The van der Waals surface area contributed by atoms with E-state index >= 15 is 0 Å². The lowest BCUT2D eigenvalue weighted by atomic mass is 10.0. The van der Waals surface area contributed by atoms with Crippen LogP contribution in [0.5, 0.6) is 0 Å². The number of carbonyl (C=O) groups excluding carboxylic acids is 1. The maximum atomic E-state index is 12.8. The number of hydrogen-bond donors (Lipinski definition) is 1. The number of nitrogens with zero attached hydrogens (tertiary/aromatic N) is 1. The first-order valence-electron chi connectivity index (χ1n) is 9.39. The van der Waals surface area contributed by atoms with Gasteiger partial charge in [0.25, 0.3) is 5.91 Å². The van der Waals surface area contributed by atoms with Crippen molar-refractivity contribution in [2.24, 2.45) is 0 Å². The Morgan fingerprint density at radius 3 is 2.33 bits per heavy atom. The molecule has 0 radical (unpaired) electrons. The molecule has 1 heterocycles. The SMILES string of the molecule is CCn1c2ccccc2c2cc(NC(=O)c3cc(C)c(C)cc3C)ccc21. The Morgan fingerprint density at radius 2 is 1.56 bits per heavy atom. The molecule has 0 fully saturated rings. The zero-order valence-electron chi connectivity index (χ0n) is 16.3. The number of aryl methyl sites for hydroxylation is 4. The maximum absolute atomic E-state index is 12.8. The van der Waals surface area contributed by atoms with Gasteiger partial charge in [0, 0.05) is 39.6 Å². The van der Waals surface area contributed by atoms with E-state index in [1.165, 1.54) is 27.4 Å². The summed E-state index contributed by atoms with van der Waals surface area (Å²) in [5, 5.41) is 5.47. The van der Waals surface area contributed by atoms with Crippen molar-refractivity contribution >= 4 is 33.4 Å². The molecule has 27 heavy (non-hydrogen) atoms. The molecule has 1 amide bonds. The quantitative estimate of drug-likeness (QED) is 0.480. The van der Waals surface area contributed by atoms with Crippen LogP contribution in [0.15, 0.2) is 54.6 Å². The van der Waals surface area contributed by atoms with Crippen LogP contribution in [0.3, 0.4) is 0 Å². The minimum Gasteiger partial charge on any atom is -0.341 e. The van der Waals surface area contributed by atoms with Crippen molar-refractivity contribution in [2.75, 3.05) is 5.32 Å². The highest BCUT2D eigenvalue weighted by Gasteiger charge is 2.13. The first-order valence-corrected chi connectivity index (χ1v) is 9.39. The highest BCUT2D eigenvalue weighted by molar-refractivity contribution is 6.11. The van der Waals surface area contributed by atoms with Crippen LogP contribution in [0.1, 0.15) is 34.0 Å². The Labute approximate surface area is 159 Å². The number of hydrogen-bond acceptors (Lipinski definition) is 1. The van der Waals surface area contributed by atoms with Crippen LogP contribution in [0, 0.1) is 20.8 Å². The molecule has 3 nitrogen and oxygen atoms in total. The summed E-state index contributed by atoms with van der Waals surface area (Å²) in [4.78, 5) is 12.8. The Kier molecular flexibility index (Phi) is 4.23. The third-order valence-corrected chi connectivity index (χ3v) is 5.43. The summed E-state index contributed by atoms with van der Waals surface area (Å²) in [6.07, 6.45) is 0. The van der Waals surface area contributed by atoms with Gasteiger partial charge < -0.3 is 9.88 Å². The number of anilines is 1. The summed E-state index contributed by atoms with van der Waals surface area (Å²) < 4.78 is 2.31. The molecule has 0 aliphatic carbocycles. The van der Waals surface area contributed by atoms with E-state index in [2.05, 4.69) is 66.2 Å². The van der Waals surface area contributed by atoms with Gasteiger partial charge in [-0.15, -0.1) is 0 Å². The normalized spacial score (nSPS) is 11.3. The number of para-hydroxylation sites is 1. The molecule has 136 valence electrons. The largest absolute Gasteiger partial charge is 0.341 e. The van der Waals surface area contributed by atoms with Gasteiger partial charge in [0.05, 0.1) is 0 Å². The number of carbonyl (C=O) groups is 1. The van der Waals surface area contributed by atoms with Gasteiger partial charge in [-0.3, -0.25) is 4.79 Å². The van der Waals surface area contributed by atoms with Crippen molar-refractivity contribution in [1.29, 1.82) is 0 Å². The number of rotatable bonds is 3. The van der Waals surface area contributed by atoms with E-state index in [0.29, 0.717) is 0 Å². The fourth-order valence-corrected chi connectivity index (χ4v) is 3.88. The fraction of sp³-hybridized carbons (Fsp3) is 0.208. The summed E-state index contributed by atoms with van der Waals surface area (Å²) in [5.74, 6) is -0.0609. The van der Waals surface area contributed by atoms with E-state index < -0.39 is 0 Å². The van der Waals surface area contributed by atoms with Gasteiger partial charge in [0.1, 0.15) is 0 Å². The minimum atomic E-state index is -0.0609. The third kappa shape index (κ3) is 2.89. The third-order valence-electron chi connectivity index (χ3n) is 5.43. The lowest BCUT2D eigenvalue weighted by Crippen LogP contribution is -2.14. The standard InChI is InChI=1S/C24H24N2O/c1-5-26-22-9-7-6-8-19(22)21-14-18(10-11-23(21)26)25-24(27)20-13-16(3)15(2)12-17(20)4/h6-14H,5H2,1-4H3,(H,25,27). The molecule has 0 saturated heterocycles. The van der Waals surface area contributed by atoms with Gasteiger partial charge in [-0.05, 0) is 74.7 Å². The number of amides is 1. The monoisotopic (exact) mass is 356 g/mol. The molecule has 0 aliphatic heterocycles. The smallest absolute Gasteiger partial charge is 0.255 e. The van der Waals surface area contributed by atoms with Crippen LogP contribution in [-0.2, 0) is 6.54 Å². The molecule has 4 rings (SSSR count). The molecule has 1 N–H and O–H groups in total. The molecule has 0 aliphatic rings. The van der Waals surface area contributed by atoms with Crippen molar-refractivity contribution in [1.82, 2.24) is 4.57 Å². The number of fused-ring (bicyclic) bond motifs is 3. The van der Waals surface area contributed by atoms with Gasteiger partial charge in [0.2, 0.25) is 0 Å². The maximum Gasteiger partial charge on any atom is 0.255 e. The van der Waals surface area contributed by atoms with Crippen molar-refractivity contribution in [3.63, 3.8) is 0 Å². The molecule has 3 heteroatoms. The number of nitrogens with one attached hydrogen (secondary N) is 1. The van der Waals surface area contributed by atoms with E-state index in [9.17, 15) is 4.79 Å². The first-order chi connectivity index (χ1) is 13.0. The molecule has 0 saturated carbocycles. The van der Waals surface area contributed by atoms with Crippen LogP contribution in [-0.4, -0.2) is 10.5 Å². The van der Waals surface area contributed by atoms with E-state index in [4.69, 9.17) is 0 Å². The minimum absolute atomic E-state index is 0.0609. The van der Waals surface area contributed by atoms with Crippen molar-refractivity contribution in [3.05, 3.63) is 76.9 Å². The highest BCUT2D eigenvalue weighted by atomic mass is 16.1. The van der Waals surface area contributed by atoms with Gasteiger partial charge in [-0.25, -0.2) is 0 Å². The molecule has 1 aromatic heterocycles. The van der Waals surface area contributed by atoms with Gasteiger partial charge in [-0.1, -0.05) is 24.3 Å². The summed E-state index contributed by atoms with van der Waals surface area (Å²) >= 11 is 0. The van der Waals surface area contributed by atoms with Crippen LogP contribution < -0.4 is 5.32 Å². The van der Waals surface area contributed by atoms with Crippen molar-refractivity contribution < 1.29 is 4.79 Å². The predicted molar refractivity (Wildman–Crippen MR) is 114 cm³/mol. The van der Waals surface area contributed by atoms with E-state index in [1.54, 1.807) is 0 Å². The predicted octanol–water partition coefficient (Wildman–Crippen LogP) is 5.99. The van der Waals surface area contributed by atoms with E-state index in [1.807, 2.05) is 26.0 Å². The molecule has 0 spiro atoms. The van der Waals surface area contributed by atoms with Crippen LogP contribution in [0.4, 0.5) is 5.69 Å². The molecule has 0 unspecified atom stereocenters. The molecular formula is C24H24N2O. The first kappa shape index (κ1) is 17.3. The van der Waals surface area contributed by atoms with Crippen molar-refractivity contribution in [2.45, 2.75) is 34.2 Å². The van der Waals surface area contributed by atoms with Gasteiger partial charge in [0.15, 0.2) is 0 Å². The topological polar surface area (TPSA) is 34.0 Å². The Balaban J connectivity index is 1.76. The van der Waals surface area contributed by atoms with Crippen molar-refractivity contribution in [3.8, 4) is 0 Å². The average Bonchev–Trinajstić information content (AvgIpc) is 2.97. The second kappa shape index (κ2) is 6.58. The molecule has 3 aromatic carbocycles. The van der Waals surface area contributed by atoms with E-state index in [0.717, 1.165) is 28.9 Å². The highest BCUT2D eigenvalue weighted by Crippen LogP contribution is 2.31. The molecule has 0 atom stereocenters. The summed E-state index contributed by atoms with van der Waals surface area (Å²) in [7, 11) is 0. The zero-order chi connectivity index (χ0) is 19.1. The second-order valence-electron chi connectivity index (χ2n) is 7.20. The van der Waals surface area contributed by atoms with Gasteiger partial charge in [-0.2, -0.15) is 0 Å². The second-order valence-corrected chi connectivity index (χ2v) is 7.20. The molecular weight excluding hydrogens is 332 g/mol. The zero-order valence-corrected chi connectivity index (χ0v) is 16.3. The number of aromatic nitrogens is 1. The lowest BCUT2D eigenvalue weighted by Gasteiger charge is -2.11. The average molecular weight is 356 g/mol. The van der Waals surface area contributed by atoms with Crippen LogP contribution >= 0.6 is 0 Å². The fourth-order valence-electron chi connectivity index (χ4n) is 3.88.